The molecule has 0 saturated heterocycles. The molecule has 0 bridgehead atoms. The lowest BCUT2D eigenvalue weighted by Gasteiger charge is -2.27. The van der Waals surface area contributed by atoms with E-state index in [4.69, 9.17) is 15.0 Å². The summed E-state index contributed by atoms with van der Waals surface area (Å²) in [5.74, 6) is 0.626. The molecule has 3 aromatic heterocycles. The lowest BCUT2D eigenvalue weighted by Crippen LogP contribution is -2.31. The first-order valence-electron chi connectivity index (χ1n) is 35.3. The first-order chi connectivity index (χ1) is 51.2. The van der Waals surface area contributed by atoms with Gasteiger partial charge in [-0.05, 0) is 168 Å². The second-order valence-corrected chi connectivity index (χ2v) is 25.7. The minimum absolute atomic E-state index is 0.352. The molecule has 0 saturated carbocycles. The molecule has 1 N–H and O–H groups in total. The number of hydrogen-bond acceptors (Lipinski definition) is 6. The van der Waals surface area contributed by atoms with Gasteiger partial charge in [-0.15, -0.1) is 0 Å². The van der Waals surface area contributed by atoms with Crippen molar-refractivity contribution < 1.29 is 0 Å². The zero-order valence-corrected chi connectivity index (χ0v) is 59.1. The van der Waals surface area contributed by atoms with Crippen molar-refractivity contribution in [1.29, 1.82) is 0 Å². The molecule has 8 heteroatoms. The normalized spacial score (nSPS) is 12.8. The molecule has 8 nitrogen and oxygen atoms in total. The number of aliphatic imine (C=N–C) groups is 2. The van der Waals surface area contributed by atoms with Gasteiger partial charge in [0.15, 0.2) is 0 Å². The fourth-order valence-electron chi connectivity index (χ4n) is 14.8. The fourth-order valence-corrected chi connectivity index (χ4v) is 14.8. The van der Waals surface area contributed by atoms with Crippen LogP contribution in [0.15, 0.2) is 344 Å². The molecule has 0 fully saturated rings. The molecule has 12 aromatic carbocycles. The third kappa shape index (κ3) is 12.8. The maximum absolute atomic E-state index is 5.43. The number of fused-ring (bicyclic) bond motifs is 5. The fraction of sp³-hybridized carbons (Fsp3) is 0.0625. The molecule has 104 heavy (non-hydrogen) atoms. The number of hydrogen-bond donors (Lipinski definition) is 1. The van der Waals surface area contributed by atoms with E-state index in [-0.39, 0.29) is 0 Å². The largest absolute Gasteiger partial charge is 0.361 e. The highest BCUT2D eigenvalue weighted by molar-refractivity contribution is 6.16. The standard InChI is InChI=1S/C96H78N8/c1-8-35-89-74(10-3)84-62-70(57-59-90(84)103(89)64-99-94(67-36-16-12-17-37-67)81-49-28-31-53-86(81)97-6)73(9-2)78-46-26-27-47-79(78)85(63-98-71-41-20-14-21-42-71)75-51-34-52-76(65(75)5)93(88(11-4)102(7)72-43-22-15-23-44-72)77-45-25-24-40-69(77)60-66-56-58-92-83(61-66)80-48-30-33-55-91(80)104(92)96-100-87-54-32-29-50-82(87)95(101-96)68-38-18-13-19-39-68/h8-63,98H,3,6,64H2,1-2,4-5,7H3/b35-8-,69-60+,73-9-,85-63?,88-11+,93-77-,99-94-. The summed E-state index contributed by atoms with van der Waals surface area (Å²) in [6, 6.07) is 105. The molecular weight excluding hydrogens is 1270 g/mol. The van der Waals surface area contributed by atoms with E-state index in [9.17, 15) is 0 Å². The molecule has 3 heterocycles. The predicted octanol–water partition coefficient (Wildman–Crippen LogP) is 22.2. The maximum atomic E-state index is 5.43. The van der Waals surface area contributed by atoms with Crippen molar-refractivity contribution in [3.05, 3.63) is 406 Å². The summed E-state index contributed by atoms with van der Waals surface area (Å²) in [7, 11) is 2.18. The summed E-state index contributed by atoms with van der Waals surface area (Å²) in [5, 5.41) is 10.3. The van der Waals surface area contributed by atoms with Crippen LogP contribution in [0.4, 0.5) is 17.1 Å². The van der Waals surface area contributed by atoms with Crippen molar-refractivity contribution in [2.24, 2.45) is 9.98 Å². The van der Waals surface area contributed by atoms with Crippen molar-refractivity contribution in [2.75, 3.05) is 17.3 Å². The summed E-state index contributed by atoms with van der Waals surface area (Å²) in [6.07, 6.45) is 15.3. The van der Waals surface area contributed by atoms with Crippen LogP contribution in [-0.4, -0.2) is 38.6 Å². The van der Waals surface area contributed by atoms with Gasteiger partial charge in [0.2, 0.25) is 5.95 Å². The van der Waals surface area contributed by atoms with Crippen LogP contribution < -0.4 is 20.7 Å². The van der Waals surface area contributed by atoms with Gasteiger partial charge in [0.1, 0.15) is 6.67 Å². The van der Waals surface area contributed by atoms with Crippen molar-refractivity contribution in [1.82, 2.24) is 19.1 Å². The Bertz CT molecular complexity index is 6070. The first kappa shape index (κ1) is 66.6. The lowest BCUT2D eigenvalue weighted by atomic mass is 9.84. The number of allylic oxidation sites excluding steroid dienone is 4. The number of aromatic nitrogens is 4. The topological polar surface area (TPSA) is 75.6 Å². The van der Waals surface area contributed by atoms with Crippen molar-refractivity contribution in [2.45, 2.75) is 34.4 Å². The molecule has 0 unspecified atom stereocenters. The minimum Gasteiger partial charge on any atom is -0.361 e. The number of anilines is 2. The van der Waals surface area contributed by atoms with Gasteiger partial charge >= 0.3 is 0 Å². The molecule has 0 spiro atoms. The Morgan fingerprint density at radius 2 is 1.15 bits per heavy atom. The van der Waals surface area contributed by atoms with Gasteiger partial charge in [-0.1, -0.05) is 261 Å². The highest BCUT2D eigenvalue weighted by Gasteiger charge is 2.25. The quantitative estimate of drug-likeness (QED) is 0.0772. The smallest absolute Gasteiger partial charge is 0.235 e. The first-order valence-corrected chi connectivity index (χ1v) is 35.3. The van der Waals surface area contributed by atoms with Crippen LogP contribution in [0.2, 0.25) is 0 Å². The predicted molar refractivity (Wildman–Crippen MR) is 442 cm³/mol. The number of benzene rings is 12. The van der Waals surface area contributed by atoms with Gasteiger partial charge in [-0.3, -0.25) is 14.6 Å². The van der Waals surface area contributed by atoms with E-state index in [2.05, 4.69) is 358 Å². The number of nitrogens with zero attached hydrogens (tertiary/aromatic N) is 7. The molecule has 0 amide bonds. The minimum atomic E-state index is 0.352. The van der Waals surface area contributed by atoms with Gasteiger partial charge in [0.25, 0.3) is 0 Å². The molecule has 0 atom stereocenters. The Balaban J connectivity index is 0.882. The van der Waals surface area contributed by atoms with E-state index < -0.39 is 0 Å². The zero-order chi connectivity index (χ0) is 71.0. The van der Waals surface area contributed by atoms with E-state index >= 15 is 0 Å². The maximum Gasteiger partial charge on any atom is 0.235 e. The highest BCUT2D eigenvalue weighted by Crippen LogP contribution is 2.41. The Morgan fingerprint density at radius 3 is 1.89 bits per heavy atom. The second-order valence-electron chi connectivity index (χ2n) is 25.7. The summed E-state index contributed by atoms with van der Waals surface area (Å²) in [4.78, 5) is 22.8. The summed E-state index contributed by atoms with van der Waals surface area (Å²) < 4.78 is 4.51. The molecule has 15 rings (SSSR count). The van der Waals surface area contributed by atoms with E-state index in [1.807, 2.05) is 54.6 Å². The third-order valence-corrected chi connectivity index (χ3v) is 19.7. The van der Waals surface area contributed by atoms with Crippen LogP contribution in [0.3, 0.4) is 0 Å². The average molecular weight is 1340 g/mol. The van der Waals surface area contributed by atoms with Gasteiger partial charge in [-0.2, -0.15) is 0 Å². The number of nitrogens with one attached hydrogen (secondary N) is 1. The Labute approximate surface area is 608 Å². The van der Waals surface area contributed by atoms with E-state index in [0.29, 0.717) is 12.6 Å². The molecule has 0 radical (unpaired) electrons. The summed E-state index contributed by atoms with van der Waals surface area (Å²) in [5.41, 5.74) is 25.5. The number of rotatable bonds is 20. The van der Waals surface area contributed by atoms with Crippen LogP contribution in [0, 0.1) is 6.92 Å². The number of likely N-dealkylation sites (N-methyl/N-ethyl adjacent to an activating group) is 1. The lowest BCUT2D eigenvalue weighted by molar-refractivity contribution is 0.759. The second kappa shape index (κ2) is 29.9. The Kier molecular flexibility index (Phi) is 19.1. The van der Waals surface area contributed by atoms with Gasteiger partial charge in [0, 0.05) is 85.3 Å². The number of para-hydroxylation sites is 5. The SMILES string of the molecule is C=Cc1c(/C=C\C)n(C/N=C(/c2ccccc2)c2ccccc2N=C)c2ccc(/C(=C/C)c3ccccc3C(=CNc3ccccc3)c3cccc(C(/C(=C\C)N(C)c4ccccc4)=c4\cccc\c4=C/c4ccc5c(c4)c4ccccc4n5-c4nc(-c5ccccc5)c5ccccc5n4)c3C)cc12. The average Bonchev–Trinajstić information content (AvgIpc) is 1.55. The van der Waals surface area contributed by atoms with E-state index in [1.54, 1.807) is 0 Å². The molecule has 0 aliphatic carbocycles. The third-order valence-electron chi connectivity index (χ3n) is 19.7. The molecule has 0 aliphatic heterocycles. The summed E-state index contributed by atoms with van der Waals surface area (Å²) >= 11 is 0. The molecule has 502 valence electrons. The van der Waals surface area contributed by atoms with Crippen molar-refractivity contribution in [3.8, 4) is 17.2 Å². The van der Waals surface area contributed by atoms with Crippen LogP contribution in [0.5, 0.6) is 0 Å². The van der Waals surface area contributed by atoms with Crippen LogP contribution in [0.25, 0.3) is 95.8 Å². The van der Waals surface area contributed by atoms with Crippen molar-refractivity contribution >= 4 is 108 Å². The monoisotopic (exact) mass is 1340 g/mol. The zero-order valence-electron chi connectivity index (χ0n) is 59.1. The molecular formula is C96H78N8. The highest BCUT2D eigenvalue weighted by atomic mass is 15.2. The van der Waals surface area contributed by atoms with Gasteiger partial charge < -0.3 is 14.8 Å². The van der Waals surface area contributed by atoms with Crippen LogP contribution in [0.1, 0.15) is 82.1 Å². The Morgan fingerprint density at radius 1 is 0.529 bits per heavy atom. The molecule has 15 aromatic rings. The summed E-state index contributed by atoms with van der Waals surface area (Å²) in [6.45, 7) is 17.3. The van der Waals surface area contributed by atoms with Gasteiger partial charge in [0.05, 0.1) is 44.9 Å². The van der Waals surface area contributed by atoms with E-state index in [0.717, 1.165) is 172 Å². The Hall–Kier alpha value is -13.3. The van der Waals surface area contributed by atoms with Crippen LogP contribution in [-0.2, 0) is 6.67 Å². The van der Waals surface area contributed by atoms with Gasteiger partial charge in [-0.25, -0.2) is 9.97 Å². The molecule has 0 aliphatic rings. The van der Waals surface area contributed by atoms with Crippen molar-refractivity contribution in [3.63, 3.8) is 0 Å². The van der Waals surface area contributed by atoms with E-state index in [1.165, 1.54) is 0 Å². The van der Waals surface area contributed by atoms with Crippen LogP contribution >= 0.6 is 0 Å².